The van der Waals surface area contributed by atoms with Gasteiger partial charge in [-0.1, -0.05) is 62.3 Å². The van der Waals surface area contributed by atoms with Crippen molar-refractivity contribution in [2.75, 3.05) is 6.16 Å². The van der Waals surface area contributed by atoms with Crippen LogP contribution in [0.1, 0.15) is 52.9 Å². The molecule has 0 bridgehead atoms. The molecule has 0 aliphatic heterocycles. The highest BCUT2D eigenvalue weighted by molar-refractivity contribution is 7.87. The van der Waals surface area contributed by atoms with Gasteiger partial charge < -0.3 is 0 Å². The predicted molar refractivity (Wildman–Crippen MR) is 117 cm³/mol. The van der Waals surface area contributed by atoms with Crippen molar-refractivity contribution in [3.63, 3.8) is 0 Å². The summed E-state index contributed by atoms with van der Waals surface area (Å²) in [6.45, 7) is 6.67. The summed E-state index contributed by atoms with van der Waals surface area (Å²) >= 11 is 0. The summed E-state index contributed by atoms with van der Waals surface area (Å²) in [5.41, 5.74) is 0.629. The fraction of sp³-hybridized carbons (Fsp3) is 0.417. The van der Waals surface area contributed by atoms with Gasteiger partial charge in [-0.3, -0.25) is 0 Å². The van der Waals surface area contributed by atoms with Crippen LogP contribution in [0.15, 0.2) is 78.2 Å². The van der Waals surface area contributed by atoms with Gasteiger partial charge in [0.05, 0.1) is 24.0 Å². The summed E-state index contributed by atoms with van der Waals surface area (Å²) in [7, 11) is -1.45. The molecule has 0 heterocycles. The molecule has 134 valence electrons. The minimum absolute atomic E-state index is 0.629. The number of allylic oxidation sites excluding steroid dienone is 8. The van der Waals surface area contributed by atoms with Crippen LogP contribution < -0.4 is 5.30 Å². The summed E-state index contributed by atoms with van der Waals surface area (Å²) in [5, 5.41) is 3.14. The molecule has 1 aromatic carbocycles. The van der Waals surface area contributed by atoms with Crippen LogP contribution in [0.2, 0.25) is 0 Å². The molecule has 25 heavy (non-hydrogen) atoms. The molecule has 2 unspecified atom stereocenters. The van der Waals surface area contributed by atoms with Gasteiger partial charge in [-0.15, -0.1) is 0 Å². The standard InChI is InChI=1S/C24H34P/c1-4-7-8-15-21-25(22(6-3)16-5-2,23-17-11-9-12-18-23)24-19-13-10-14-20-24/h5-6,9-14,16-19,24H,4,7-8,15,20-21H2,1-3H3/q+1/b16-5-,22-6+. The second-order valence-electron chi connectivity index (χ2n) is 6.82. The van der Waals surface area contributed by atoms with E-state index in [1.165, 1.54) is 38.3 Å². The summed E-state index contributed by atoms with van der Waals surface area (Å²) in [4.78, 5) is 0. The molecule has 0 amide bonds. The number of hydrogen-bond acceptors (Lipinski definition) is 0. The van der Waals surface area contributed by atoms with Crippen LogP contribution in [0, 0.1) is 0 Å². The first-order valence-corrected chi connectivity index (χ1v) is 11.9. The van der Waals surface area contributed by atoms with Crippen molar-refractivity contribution >= 4 is 12.6 Å². The zero-order valence-corrected chi connectivity index (χ0v) is 17.1. The average molecular weight is 354 g/mol. The van der Waals surface area contributed by atoms with Crippen molar-refractivity contribution in [1.29, 1.82) is 0 Å². The molecule has 0 saturated carbocycles. The van der Waals surface area contributed by atoms with Crippen molar-refractivity contribution in [1.82, 2.24) is 0 Å². The number of rotatable bonds is 9. The quantitative estimate of drug-likeness (QED) is 0.249. The zero-order valence-electron chi connectivity index (χ0n) is 16.2. The SMILES string of the molecule is C/C=C\C(=C/C)[P+](CCCCCC)(c1ccccc1)C1C=CC=CC1. The Morgan fingerprint density at radius 3 is 2.48 bits per heavy atom. The van der Waals surface area contributed by atoms with E-state index in [1.807, 2.05) is 0 Å². The smallest absolute Gasteiger partial charge is 0.0837 e. The Labute approximate surface area is 155 Å². The van der Waals surface area contributed by atoms with Crippen LogP contribution >= 0.6 is 7.26 Å². The van der Waals surface area contributed by atoms with E-state index in [4.69, 9.17) is 0 Å². The van der Waals surface area contributed by atoms with E-state index in [2.05, 4.69) is 93.6 Å². The highest BCUT2D eigenvalue weighted by Gasteiger charge is 2.48. The van der Waals surface area contributed by atoms with E-state index < -0.39 is 7.26 Å². The molecular formula is C24H34P+. The number of benzene rings is 1. The molecule has 1 aromatic rings. The van der Waals surface area contributed by atoms with Crippen LogP contribution in [0.4, 0.5) is 0 Å². The first-order chi connectivity index (χ1) is 12.3. The Kier molecular flexibility index (Phi) is 8.42. The molecule has 2 atom stereocenters. The van der Waals surface area contributed by atoms with Crippen LogP contribution in [0.5, 0.6) is 0 Å². The van der Waals surface area contributed by atoms with E-state index in [0.717, 1.165) is 0 Å². The fourth-order valence-electron chi connectivity index (χ4n) is 3.96. The lowest BCUT2D eigenvalue weighted by Gasteiger charge is -2.34. The highest BCUT2D eigenvalue weighted by atomic mass is 31.2. The molecule has 0 aromatic heterocycles. The number of hydrogen-bond donors (Lipinski definition) is 0. The maximum absolute atomic E-state index is 2.48. The normalized spacial score (nSPS) is 20.1. The van der Waals surface area contributed by atoms with Gasteiger partial charge in [-0.25, -0.2) is 0 Å². The summed E-state index contributed by atoms with van der Waals surface area (Å²) in [6, 6.07) is 11.4. The molecule has 1 aliphatic carbocycles. The van der Waals surface area contributed by atoms with E-state index >= 15 is 0 Å². The molecule has 2 rings (SSSR count). The minimum atomic E-state index is -1.45. The molecule has 0 spiro atoms. The molecule has 1 aliphatic rings. The third kappa shape index (κ3) is 4.83. The third-order valence-electron chi connectivity index (χ3n) is 5.20. The van der Waals surface area contributed by atoms with E-state index in [-0.39, 0.29) is 0 Å². The van der Waals surface area contributed by atoms with Crippen molar-refractivity contribution < 1.29 is 0 Å². The molecular weight excluding hydrogens is 319 g/mol. The largest absolute Gasteiger partial charge is 0.101 e. The summed E-state index contributed by atoms with van der Waals surface area (Å²) in [5.74, 6) is 0. The second-order valence-corrected chi connectivity index (χ2v) is 10.7. The molecule has 0 N–H and O–H groups in total. The second kappa shape index (κ2) is 10.6. The lowest BCUT2D eigenvalue weighted by molar-refractivity contribution is 0.703. The van der Waals surface area contributed by atoms with E-state index in [1.54, 1.807) is 10.6 Å². The van der Waals surface area contributed by atoms with Crippen molar-refractivity contribution in [3.8, 4) is 0 Å². The summed E-state index contributed by atoms with van der Waals surface area (Å²) in [6.07, 6.45) is 24.1. The Bertz CT molecular complexity index is 621. The molecule has 0 radical (unpaired) electrons. The molecule has 0 saturated heterocycles. The predicted octanol–water partition coefficient (Wildman–Crippen LogP) is 7.27. The van der Waals surface area contributed by atoms with Gasteiger partial charge in [0, 0.05) is 6.42 Å². The van der Waals surface area contributed by atoms with Gasteiger partial charge >= 0.3 is 0 Å². The van der Waals surface area contributed by atoms with Crippen LogP contribution in [-0.2, 0) is 0 Å². The van der Waals surface area contributed by atoms with Gasteiger partial charge in [0.1, 0.15) is 5.66 Å². The Morgan fingerprint density at radius 1 is 1.08 bits per heavy atom. The summed E-state index contributed by atoms with van der Waals surface area (Å²) < 4.78 is 0. The maximum atomic E-state index is 2.48. The Morgan fingerprint density at radius 2 is 1.88 bits per heavy atom. The topological polar surface area (TPSA) is 0 Å². The lowest BCUT2D eigenvalue weighted by atomic mass is 10.2. The Balaban J connectivity index is 2.51. The van der Waals surface area contributed by atoms with Crippen LogP contribution in [0.3, 0.4) is 0 Å². The third-order valence-corrected chi connectivity index (χ3v) is 10.3. The van der Waals surface area contributed by atoms with Crippen LogP contribution in [0.25, 0.3) is 0 Å². The van der Waals surface area contributed by atoms with Gasteiger partial charge in [0.25, 0.3) is 0 Å². The molecule has 0 nitrogen and oxygen atoms in total. The fourth-order valence-corrected chi connectivity index (χ4v) is 9.05. The van der Waals surface area contributed by atoms with E-state index in [9.17, 15) is 0 Å². The number of unbranched alkanes of at least 4 members (excludes halogenated alkanes) is 3. The van der Waals surface area contributed by atoms with Crippen molar-refractivity contribution in [2.45, 2.75) is 58.5 Å². The molecule has 0 fully saturated rings. The van der Waals surface area contributed by atoms with Crippen molar-refractivity contribution in [2.24, 2.45) is 0 Å². The van der Waals surface area contributed by atoms with Gasteiger partial charge in [-0.2, -0.15) is 0 Å². The monoisotopic (exact) mass is 353 g/mol. The lowest BCUT2D eigenvalue weighted by Crippen LogP contribution is -2.26. The minimum Gasteiger partial charge on any atom is -0.0837 e. The van der Waals surface area contributed by atoms with Gasteiger partial charge in [0.2, 0.25) is 0 Å². The van der Waals surface area contributed by atoms with Gasteiger partial charge in [0.15, 0.2) is 0 Å². The molecule has 1 heteroatoms. The average Bonchev–Trinajstić information content (AvgIpc) is 2.68. The van der Waals surface area contributed by atoms with E-state index in [0.29, 0.717) is 5.66 Å². The van der Waals surface area contributed by atoms with Gasteiger partial charge in [-0.05, 0) is 57.0 Å². The van der Waals surface area contributed by atoms with Crippen LogP contribution in [-0.4, -0.2) is 11.8 Å². The maximum Gasteiger partial charge on any atom is 0.101 e. The first-order valence-electron chi connectivity index (χ1n) is 9.85. The zero-order chi connectivity index (χ0) is 18.0. The highest BCUT2D eigenvalue weighted by Crippen LogP contribution is 2.70. The Hall–Kier alpha value is -1.39. The first kappa shape index (κ1) is 19.9. The van der Waals surface area contributed by atoms with Crippen molar-refractivity contribution in [3.05, 3.63) is 78.2 Å².